The van der Waals surface area contributed by atoms with E-state index in [0.717, 1.165) is 17.1 Å². The van der Waals surface area contributed by atoms with Gasteiger partial charge in [0.1, 0.15) is 5.82 Å². The van der Waals surface area contributed by atoms with Gasteiger partial charge in [-0.3, -0.25) is 0 Å². The summed E-state index contributed by atoms with van der Waals surface area (Å²) in [4.78, 5) is 8.91. The van der Waals surface area contributed by atoms with Crippen LogP contribution in [0.5, 0.6) is 0 Å². The summed E-state index contributed by atoms with van der Waals surface area (Å²) in [7, 11) is 0. The van der Waals surface area contributed by atoms with E-state index < -0.39 is 0 Å². The lowest BCUT2D eigenvalue weighted by molar-refractivity contribution is 1.11. The van der Waals surface area contributed by atoms with Crippen molar-refractivity contribution >= 4 is 23.1 Å². The standard InChI is InChI=1S/C19H17N5/c1-13-5-3-7-16(9-13)23-19-21-14(2)10-18(24-19)22-17-8-4-6-15(11-17)12-20/h3-11H,1-2H3,(H2,21,22,23,24). The molecular weight excluding hydrogens is 298 g/mol. The van der Waals surface area contributed by atoms with Gasteiger partial charge in [-0.15, -0.1) is 0 Å². The quantitative estimate of drug-likeness (QED) is 0.744. The van der Waals surface area contributed by atoms with Gasteiger partial charge in [0.2, 0.25) is 5.95 Å². The molecule has 118 valence electrons. The van der Waals surface area contributed by atoms with Crippen molar-refractivity contribution in [3.8, 4) is 6.07 Å². The summed E-state index contributed by atoms with van der Waals surface area (Å²) >= 11 is 0. The first-order chi connectivity index (χ1) is 11.6. The largest absolute Gasteiger partial charge is 0.340 e. The SMILES string of the molecule is Cc1cccc(Nc2nc(C)cc(Nc3cccc(C#N)c3)n2)c1. The van der Waals surface area contributed by atoms with Gasteiger partial charge in [-0.1, -0.05) is 18.2 Å². The van der Waals surface area contributed by atoms with Gasteiger partial charge in [0, 0.05) is 23.1 Å². The van der Waals surface area contributed by atoms with Crippen LogP contribution in [0, 0.1) is 25.2 Å². The fourth-order valence-electron chi connectivity index (χ4n) is 2.35. The number of nitriles is 1. The van der Waals surface area contributed by atoms with Crippen LogP contribution in [-0.4, -0.2) is 9.97 Å². The summed E-state index contributed by atoms with van der Waals surface area (Å²) in [6.07, 6.45) is 0. The molecule has 24 heavy (non-hydrogen) atoms. The van der Waals surface area contributed by atoms with Crippen molar-refractivity contribution in [2.45, 2.75) is 13.8 Å². The summed E-state index contributed by atoms with van der Waals surface area (Å²) in [5.41, 5.74) is 4.37. The zero-order valence-corrected chi connectivity index (χ0v) is 13.5. The fourth-order valence-corrected chi connectivity index (χ4v) is 2.35. The Bertz CT molecular complexity index is 912. The minimum absolute atomic E-state index is 0.527. The smallest absolute Gasteiger partial charge is 0.229 e. The summed E-state index contributed by atoms with van der Waals surface area (Å²) < 4.78 is 0. The fraction of sp³-hybridized carbons (Fsp3) is 0.105. The highest BCUT2D eigenvalue weighted by Gasteiger charge is 2.04. The van der Waals surface area contributed by atoms with Gasteiger partial charge in [0.05, 0.1) is 11.6 Å². The van der Waals surface area contributed by atoms with Gasteiger partial charge in [-0.2, -0.15) is 10.2 Å². The number of hydrogen-bond donors (Lipinski definition) is 2. The maximum absolute atomic E-state index is 8.99. The summed E-state index contributed by atoms with van der Waals surface area (Å²) in [5, 5.41) is 15.4. The average Bonchev–Trinajstić information content (AvgIpc) is 2.54. The highest BCUT2D eigenvalue weighted by Crippen LogP contribution is 2.20. The van der Waals surface area contributed by atoms with Crippen molar-refractivity contribution in [1.82, 2.24) is 9.97 Å². The molecule has 0 saturated heterocycles. The van der Waals surface area contributed by atoms with Crippen LogP contribution in [0.4, 0.5) is 23.1 Å². The molecule has 0 aliphatic carbocycles. The average molecular weight is 315 g/mol. The molecule has 3 aromatic rings. The van der Waals surface area contributed by atoms with E-state index in [0.29, 0.717) is 17.3 Å². The summed E-state index contributed by atoms with van der Waals surface area (Å²) in [6, 6.07) is 19.3. The molecule has 0 fully saturated rings. The molecule has 0 radical (unpaired) electrons. The van der Waals surface area contributed by atoms with Gasteiger partial charge >= 0.3 is 0 Å². The Morgan fingerprint density at radius 1 is 0.875 bits per heavy atom. The van der Waals surface area contributed by atoms with E-state index in [1.54, 1.807) is 12.1 Å². The minimum atomic E-state index is 0.527. The predicted molar refractivity (Wildman–Crippen MR) is 95.7 cm³/mol. The molecule has 0 amide bonds. The van der Waals surface area contributed by atoms with Crippen LogP contribution in [0.1, 0.15) is 16.8 Å². The molecule has 0 bridgehead atoms. The highest BCUT2D eigenvalue weighted by atomic mass is 15.1. The maximum Gasteiger partial charge on any atom is 0.229 e. The molecule has 0 aliphatic heterocycles. The van der Waals surface area contributed by atoms with Crippen molar-refractivity contribution in [1.29, 1.82) is 5.26 Å². The number of nitrogens with zero attached hydrogens (tertiary/aromatic N) is 3. The number of hydrogen-bond acceptors (Lipinski definition) is 5. The van der Waals surface area contributed by atoms with Crippen molar-refractivity contribution in [2.75, 3.05) is 10.6 Å². The van der Waals surface area contributed by atoms with E-state index in [1.165, 1.54) is 5.56 Å². The Kier molecular flexibility index (Phi) is 4.39. The molecule has 0 atom stereocenters. The second kappa shape index (κ2) is 6.80. The van der Waals surface area contributed by atoms with Crippen LogP contribution in [0.25, 0.3) is 0 Å². The van der Waals surface area contributed by atoms with E-state index in [9.17, 15) is 0 Å². The molecule has 1 aromatic heterocycles. The third-order valence-electron chi connectivity index (χ3n) is 3.39. The van der Waals surface area contributed by atoms with E-state index >= 15 is 0 Å². The minimum Gasteiger partial charge on any atom is -0.340 e. The molecule has 0 spiro atoms. The third kappa shape index (κ3) is 3.87. The zero-order chi connectivity index (χ0) is 16.9. The lowest BCUT2D eigenvalue weighted by Gasteiger charge is -2.10. The van der Waals surface area contributed by atoms with Crippen LogP contribution in [0.15, 0.2) is 54.6 Å². The third-order valence-corrected chi connectivity index (χ3v) is 3.39. The Morgan fingerprint density at radius 3 is 2.38 bits per heavy atom. The Balaban J connectivity index is 1.84. The van der Waals surface area contributed by atoms with Crippen LogP contribution in [0.2, 0.25) is 0 Å². The topological polar surface area (TPSA) is 73.6 Å². The molecule has 2 N–H and O–H groups in total. The summed E-state index contributed by atoms with van der Waals surface area (Å²) in [5.74, 6) is 1.20. The number of nitrogens with one attached hydrogen (secondary N) is 2. The van der Waals surface area contributed by atoms with Gasteiger partial charge in [0.25, 0.3) is 0 Å². The monoisotopic (exact) mass is 315 g/mol. The van der Waals surface area contributed by atoms with Crippen LogP contribution in [-0.2, 0) is 0 Å². The van der Waals surface area contributed by atoms with Gasteiger partial charge in [-0.25, -0.2) is 4.98 Å². The molecule has 1 heterocycles. The van der Waals surface area contributed by atoms with Gasteiger partial charge in [-0.05, 0) is 49.7 Å². The zero-order valence-electron chi connectivity index (χ0n) is 13.5. The molecule has 0 unspecified atom stereocenters. The molecular formula is C19H17N5. The van der Waals surface area contributed by atoms with Crippen molar-refractivity contribution in [3.63, 3.8) is 0 Å². The number of aryl methyl sites for hydroxylation is 2. The first-order valence-electron chi connectivity index (χ1n) is 7.59. The molecule has 3 rings (SSSR count). The molecule has 2 aromatic carbocycles. The van der Waals surface area contributed by atoms with Crippen molar-refractivity contribution in [3.05, 3.63) is 71.4 Å². The number of benzene rings is 2. The van der Waals surface area contributed by atoms with E-state index in [-0.39, 0.29) is 0 Å². The maximum atomic E-state index is 8.99. The van der Waals surface area contributed by atoms with Gasteiger partial charge in [0.15, 0.2) is 0 Å². The van der Waals surface area contributed by atoms with E-state index in [1.807, 2.05) is 56.3 Å². The molecule has 0 saturated carbocycles. The van der Waals surface area contributed by atoms with E-state index in [2.05, 4.69) is 26.7 Å². The predicted octanol–water partition coefficient (Wildman–Crippen LogP) is 4.45. The molecule has 0 aliphatic rings. The van der Waals surface area contributed by atoms with Crippen LogP contribution in [0.3, 0.4) is 0 Å². The summed E-state index contributed by atoms with van der Waals surface area (Å²) in [6.45, 7) is 3.96. The molecule has 5 heteroatoms. The number of rotatable bonds is 4. The first-order valence-corrected chi connectivity index (χ1v) is 7.59. The van der Waals surface area contributed by atoms with Crippen molar-refractivity contribution in [2.24, 2.45) is 0 Å². The second-order valence-corrected chi connectivity index (χ2v) is 5.53. The highest BCUT2D eigenvalue weighted by molar-refractivity contribution is 5.61. The first kappa shape index (κ1) is 15.5. The van der Waals surface area contributed by atoms with Crippen molar-refractivity contribution < 1.29 is 0 Å². The lowest BCUT2D eigenvalue weighted by Crippen LogP contribution is -2.02. The van der Waals surface area contributed by atoms with Gasteiger partial charge < -0.3 is 10.6 Å². The van der Waals surface area contributed by atoms with Crippen LogP contribution >= 0.6 is 0 Å². The number of anilines is 4. The Morgan fingerprint density at radius 2 is 1.62 bits per heavy atom. The number of aromatic nitrogens is 2. The Hall–Kier alpha value is -3.39. The second-order valence-electron chi connectivity index (χ2n) is 5.53. The molecule has 5 nitrogen and oxygen atoms in total. The Labute approximate surface area is 141 Å². The van der Waals surface area contributed by atoms with Crippen LogP contribution < -0.4 is 10.6 Å². The van der Waals surface area contributed by atoms with E-state index in [4.69, 9.17) is 5.26 Å². The lowest BCUT2D eigenvalue weighted by atomic mass is 10.2. The normalized spacial score (nSPS) is 10.0.